The fraction of sp³-hybridized carbons (Fsp3) is 0.786. The average Bonchev–Trinajstić information content (AvgIpc) is 3.00. The van der Waals surface area contributed by atoms with Crippen LogP contribution in [0, 0.1) is 5.92 Å². The highest BCUT2D eigenvalue weighted by atomic mass is 32.2. The second-order valence-corrected chi connectivity index (χ2v) is 8.86. The van der Waals surface area contributed by atoms with Gasteiger partial charge in [0, 0.05) is 13.1 Å². The summed E-state index contributed by atoms with van der Waals surface area (Å²) in [5, 5.41) is 12.0. The van der Waals surface area contributed by atoms with Crippen molar-refractivity contribution in [1.82, 2.24) is 14.5 Å². The molecule has 2 rings (SSSR count). The molecule has 23 heavy (non-hydrogen) atoms. The summed E-state index contributed by atoms with van der Waals surface area (Å²) in [4.78, 5) is 12.4. The second-order valence-electron chi connectivity index (χ2n) is 5.71. The lowest BCUT2D eigenvalue weighted by molar-refractivity contribution is -0.120. The molecule has 1 aliphatic rings. The van der Waals surface area contributed by atoms with Crippen LogP contribution in [-0.2, 0) is 21.2 Å². The number of amides is 1. The number of aryl methyl sites for hydroxylation is 1. The van der Waals surface area contributed by atoms with Gasteiger partial charge >= 0.3 is 0 Å². The Bertz CT molecular complexity index is 630. The molecule has 0 bridgehead atoms. The second kappa shape index (κ2) is 8.16. The summed E-state index contributed by atoms with van der Waals surface area (Å²) in [7, 11) is -3.26. The van der Waals surface area contributed by atoms with Crippen LogP contribution in [0.4, 0.5) is 5.13 Å². The monoisotopic (exact) mass is 360 g/mol. The summed E-state index contributed by atoms with van der Waals surface area (Å²) in [5.74, 6) is -0.331. The number of hydrogen-bond acceptors (Lipinski definition) is 6. The minimum atomic E-state index is -3.26. The predicted molar refractivity (Wildman–Crippen MR) is 90.9 cm³/mol. The van der Waals surface area contributed by atoms with E-state index in [1.165, 1.54) is 15.6 Å². The van der Waals surface area contributed by atoms with E-state index in [9.17, 15) is 13.2 Å². The zero-order chi connectivity index (χ0) is 16.9. The highest BCUT2D eigenvalue weighted by Crippen LogP contribution is 2.23. The lowest BCUT2D eigenvalue weighted by Gasteiger charge is -2.31. The maximum Gasteiger partial charge on any atom is 0.230 e. The van der Waals surface area contributed by atoms with Crippen LogP contribution < -0.4 is 5.32 Å². The van der Waals surface area contributed by atoms with Crippen LogP contribution in [-0.4, -0.2) is 47.7 Å². The van der Waals surface area contributed by atoms with Gasteiger partial charge in [0.25, 0.3) is 0 Å². The molecule has 9 heteroatoms. The molecule has 0 saturated carbocycles. The standard InChI is InChI=1S/C14H24N4O3S2/c1-3-5-9-23(20,21)18-8-6-7-11(10-18)13(19)15-14-17-16-12(4-2)22-14/h11H,3-10H2,1-2H3,(H,15,17,19). The van der Waals surface area contributed by atoms with Gasteiger partial charge < -0.3 is 5.32 Å². The molecular formula is C14H24N4O3S2. The van der Waals surface area contributed by atoms with Crippen molar-refractivity contribution in [2.24, 2.45) is 5.92 Å². The number of nitrogens with zero attached hydrogens (tertiary/aromatic N) is 3. The zero-order valence-corrected chi connectivity index (χ0v) is 15.3. The van der Waals surface area contributed by atoms with E-state index in [1.54, 1.807) is 0 Å². The van der Waals surface area contributed by atoms with Crippen molar-refractivity contribution < 1.29 is 13.2 Å². The number of anilines is 1. The molecule has 1 saturated heterocycles. The Hall–Kier alpha value is -1.06. The molecule has 1 aromatic rings. The van der Waals surface area contributed by atoms with Gasteiger partial charge in [0.15, 0.2) is 0 Å². The van der Waals surface area contributed by atoms with E-state index in [1.807, 2.05) is 13.8 Å². The molecule has 1 aromatic heterocycles. The van der Waals surface area contributed by atoms with Crippen molar-refractivity contribution in [2.45, 2.75) is 46.0 Å². The minimum Gasteiger partial charge on any atom is -0.300 e. The number of rotatable bonds is 7. The van der Waals surface area contributed by atoms with E-state index in [-0.39, 0.29) is 24.1 Å². The lowest BCUT2D eigenvalue weighted by atomic mass is 9.99. The topological polar surface area (TPSA) is 92.3 Å². The summed E-state index contributed by atoms with van der Waals surface area (Å²) in [6, 6.07) is 0. The third-order valence-electron chi connectivity index (χ3n) is 3.90. The maximum absolute atomic E-state index is 12.4. The molecule has 1 fully saturated rings. The molecule has 1 atom stereocenters. The first-order valence-electron chi connectivity index (χ1n) is 8.07. The van der Waals surface area contributed by atoms with Crippen LogP contribution in [0.3, 0.4) is 0 Å². The third kappa shape index (κ3) is 4.95. The van der Waals surface area contributed by atoms with Crippen LogP contribution in [0.15, 0.2) is 0 Å². The van der Waals surface area contributed by atoms with E-state index in [0.29, 0.717) is 30.9 Å². The Morgan fingerprint density at radius 3 is 2.83 bits per heavy atom. The van der Waals surface area contributed by atoms with Crippen molar-refractivity contribution >= 4 is 32.4 Å². The Balaban J connectivity index is 1.95. The minimum absolute atomic E-state index is 0.161. The van der Waals surface area contributed by atoms with E-state index in [4.69, 9.17) is 0 Å². The number of sulfonamides is 1. The van der Waals surface area contributed by atoms with E-state index in [0.717, 1.165) is 17.8 Å². The van der Waals surface area contributed by atoms with Crippen molar-refractivity contribution in [2.75, 3.05) is 24.2 Å². The Morgan fingerprint density at radius 2 is 2.17 bits per heavy atom. The molecule has 1 amide bonds. The molecular weight excluding hydrogens is 336 g/mol. The normalized spacial score (nSPS) is 19.7. The number of carbonyl (C=O) groups is 1. The van der Waals surface area contributed by atoms with Crippen LogP contribution in [0.5, 0.6) is 0 Å². The van der Waals surface area contributed by atoms with Gasteiger partial charge in [0.05, 0.1) is 11.7 Å². The first kappa shape index (κ1) is 18.3. The zero-order valence-electron chi connectivity index (χ0n) is 13.6. The Morgan fingerprint density at radius 1 is 1.39 bits per heavy atom. The smallest absolute Gasteiger partial charge is 0.230 e. The summed E-state index contributed by atoms with van der Waals surface area (Å²) < 4.78 is 26.0. The largest absolute Gasteiger partial charge is 0.300 e. The van der Waals surface area contributed by atoms with Gasteiger partial charge in [-0.05, 0) is 25.7 Å². The molecule has 130 valence electrons. The highest BCUT2D eigenvalue weighted by Gasteiger charge is 2.32. The number of piperidine rings is 1. The van der Waals surface area contributed by atoms with Crippen LogP contribution >= 0.6 is 11.3 Å². The number of aromatic nitrogens is 2. The van der Waals surface area contributed by atoms with Crippen LogP contribution in [0.25, 0.3) is 0 Å². The van der Waals surface area contributed by atoms with Gasteiger partial charge in [-0.25, -0.2) is 12.7 Å². The van der Waals surface area contributed by atoms with Gasteiger partial charge in [0.1, 0.15) is 5.01 Å². The highest BCUT2D eigenvalue weighted by molar-refractivity contribution is 7.89. The van der Waals surface area contributed by atoms with Crippen molar-refractivity contribution in [3.05, 3.63) is 5.01 Å². The van der Waals surface area contributed by atoms with Crippen LogP contribution in [0.1, 0.15) is 44.5 Å². The third-order valence-corrected chi connectivity index (χ3v) is 6.81. The van der Waals surface area contributed by atoms with Gasteiger partial charge in [-0.3, -0.25) is 4.79 Å². The quantitative estimate of drug-likeness (QED) is 0.801. The summed E-state index contributed by atoms with van der Waals surface area (Å²) in [6.07, 6.45) is 3.68. The Kier molecular flexibility index (Phi) is 6.49. The van der Waals surface area contributed by atoms with Crippen molar-refractivity contribution in [3.8, 4) is 0 Å². The summed E-state index contributed by atoms with van der Waals surface area (Å²) >= 11 is 1.36. The fourth-order valence-electron chi connectivity index (χ4n) is 2.52. The van der Waals surface area contributed by atoms with E-state index >= 15 is 0 Å². The first-order chi connectivity index (χ1) is 11.0. The molecule has 1 unspecified atom stereocenters. The van der Waals surface area contributed by atoms with Gasteiger partial charge in [-0.15, -0.1) is 10.2 Å². The average molecular weight is 361 g/mol. The predicted octanol–water partition coefficient (Wildman–Crippen LogP) is 1.88. The van der Waals surface area contributed by atoms with E-state index < -0.39 is 10.0 Å². The van der Waals surface area contributed by atoms with Crippen LogP contribution in [0.2, 0.25) is 0 Å². The number of nitrogens with one attached hydrogen (secondary N) is 1. The van der Waals surface area contributed by atoms with Gasteiger partial charge in [0.2, 0.25) is 21.1 Å². The molecule has 1 aliphatic heterocycles. The van der Waals surface area contributed by atoms with Gasteiger partial charge in [-0.1, -0.05) is 31.6 Å². The number of hydrogen-bond donors (Lipinski definition) is 1. The summed E-state index contributed by atoms with van der Waals surface area (Å²) in [6.45, 7) is 4.72. The molecule has 2 heterocycles. The molecule has 7 nitrogen and oxygen atoms in total. The Labute approximate surface area is 141 Å². The molecule has 1 N–H and O–H groups in total. The van der Waals surface area contributed by atoms with Crippen molar-refractivity contribution in [3.63, 3.8) is 0 Å². The summed E-state index contributed by atoms with van der Waals surface area (Å²) in [5.41, 5.74) is 0. The number of unbranched alkanes of at least 4 members (excludes halogenated alkanes) is 1. The SMILES string of the molecule is CCCCS(=O)(=O)N1CCCC(C(=O)Nc2nnc(CC)s2)C1. The molecule has 0 radical (unpaired) electrons. The molecule has 0 spiro atoms. The molecule has 0 aliphatic carbocycles. The van der Waals surface area contributed by atoms with Crippen molar-refractivity contribution in [1.29, 1.82) is 0 Å². The van der Waals surface area contributed by atoms with E-state index in [2.05, 4.69) is 15.5 Å². The first-order valence-corrected chi connectivity index (χ1v) is 10.5. The fourth-order valence-corrected chi connectivity index (χ4v) is 4.93. The molecule has 0 aromatic carbocycles. The lowest BCUT2D eigenvalue weighted by Crippen LogP contribution is -2.44. The maximum atomic E-state index is 12.4. The number of carbonyl (C=O) groups excluding carboxylic acids is 1. The van der Waals surface area contributed by atoms with Gasteiger partial charge in [-0.2, -0.15) is 0 Å².